The molecule has 2 bridgehead atoms. The van der Waals surface area contributed by atoms with Crippen LogP contribution in [0.1, 0.15) is 29.7 Å². The SMILES string of the molecule is CN1CCC2(c3cccc(O)c3)CC1Cc1[nH]c3c(ccc4ccccc43)c12. The van der Waals surface area contributed by atoms with Crippen LogP contribution in [0, 0.1) is 0 Å². The standard InChI is InChI=1S/C25H24N2O/c1-27-12-11-25(17-6-4-7-19(28)13-17)15-18(27)14-22-23(25)21-10-9-16-5-2-3-8-20(16)24(21)26-22/h2-10,13,18,26,28H,11-12,14-15H2,1H3. The highest BCUT2D eigenvalue weighted by Gasteiger charge is 2.47. The minimum atomic E-state index is -0.0375. The van der Waals surface area contributed by atoms with Crippen molar-refractivity contribution in [2.24, 2.45) is 0 Å². The molecule has 2 atom stereocenters. The van der Waals surface area contributed by atoms with E-state index in [0.717, 1.165) is 25.8 Å². The van der Waals surface area contributed by atoms with Gasteiger partial charge in [0.2, 0.25) is 0 Å². The van der Waals surface area contributed by atoms with Crippen LogP contribution in [0.3, 0.4) is 0 Å². The van der Waals surface area contributed by atoms with Crippen molar-refractivity contribution in [1.82, 2.24) is 9.88 Å². The van der Waals surface area contributed by atoms with Gasteiger partial charge in [-0.1, -0.05) is 48.5 Å². The van der Waals surface area contributed by atoms with Crippen molar-refractivity contribution in [3.63, 3.8) is 0 Å². The first kappa shape index (κ1) is 16.2. The fourth-order valence-corrected chi connectivity index (χ4v) is 5.80. The van der Waals surface area contributed by atoms with E-state index in [1.54, 1.807) is 6.07 Å². The van der Waals surface area contributed by atoms with E-state index < -0.39 is 0 Å². The number of phenols is 1. The number of fused-ring (bicyclic) bond motifs is 8. The topological polar surface area (TPSA) is 39.3 Å². The summed E-state index contributed by atoms with van der Waals surface area (Å²) in [6.45, 7) is 1.08. The van der Waals surface area contributed by atoms with Gasteiger partial charge in [-0.2, -0.15) is 0 Å². The number of nitrogens with one attached hydrogen (secondary N) is 1. The minimum Gasteiger partial charge on any atom is -0.508 e. The maximum atomic E-state index is 10.2. The number of aromatic hydroxyl groups is 1. The van der Waals surface area contributed by atoms with Gasteiger partial charge in [0.15, 0.2) is 0 Å². The first-order chi connectivity index (χ1) is 13.7. The second-order valence-electron chi connectivity index (χ2n) is 8.61. The van der Waals surface area contributed by atoms with Crippen LogP contribution in [-0.4, -0.2) is 34.6 Å². The number of aromatic amines is 1. The lowest BCUT2D eigenvalue weighted by Crippen LogP contribution is -2.52. The summed E-state index contributed by atoms with van der Waals surface area (Å²) in [4.78, 5) is 6.34. The predicted molar refractivity (Wildman–Crippen MR) is 114 cm³/mol. The average Bonchev–Trinajstić information content (AvgIpc) is 3.10. The third kappa shape index (κ3) is 2.08. The third-order valence-electron chi connectivity index (χ3n) is 7.19. The van der Waals surface area contributed by atoms with Gasteiger partial charge in [-0.3, -0.25) is 0 Å². The molecule has 1 aliphatic heterocycles. The first-order valence-corrected chi connectivity index (χ1v) is 10.2. The van der Waals surface area contributed by atoms with Crippen LogP contribution in [-0.2, 0) is 11.8 Å². The summed E-state index contributed by atoms with van der Waals surface area (Å²) in [6.07, 6.45) is 3.26. The Hall–Kier alpha value is -2.78. The van der Waals surface area contributed by atoms with Crippen molar-refractivity contribution in [3.8, 4) is 5.75 Å². The van der Waals surface area contributed by atoms with Gasteiger partial charge < -0.3 is 15.0 Å². The molecule has 28 heavy (non-hydrogen) atoms. The predicted octanol–water partition coefficient (Wildman–Crippen LogP) is 4.96. The van der Waals surface area contributed by atoms with Gasteiger partial charge >= 0.3 is 0 Å². The molecular weight excluding hydrogens is 344 g/mol. The molecule has 3 nitrogen and oxygen atoms in total. The number of phenolic OH excluding ortho intramolecular Hbond substituents is 1. The van der Waals surface area contributed by atoms with Crippen molar-refractivity contribution in [3.05, 3.63) is 77.5 Å². The number of rotatable bonds is 1. The summed E-state index contributed by atoms with van der Waals surface area (Å²) >= 11 is 0. The molecule has 140 valence electrons. The number of benzene rings is 3. The third-order valence-corrected chi connectivity index (χ3v) is 7.19. The smallest absolute Gasteiger partial charge is 0.115 e. The number of H-pyrrole nitrogens is 1. The molecule has 2 unspecified atom stereocenters. The highest BCUT2D eigenvalue weighted by molar-refractivity contribution is 6.07. The largest absolute Gasteiger partial charge is 0.508 e. The molecule has 2 N–H and O–H groups in total. The molecule has 0 saturated carbocycles. The van der Waals surface area contributed by atoms with E-state index in [0.29, 0.717) is 11.8 Å². The van der Waals surface area contributed by atoms with Crippen LogP contribution >= 0.6 is 0 Å². The minimum absolute atomic E-state index is 0.0375. The van der Waals surface area contributed by atoms with Gasteiger partial charge in [-0.05, 0) is 55.1 Å². The van der Waals surface area contributed by atoms with Gasteiger partial charge in [0.1, 0.15) is 5.75 Å². The molecule has 4 aromatic rings. The van der Waals surface area contributed by atoms with E-state index in [-0.39, 0.29) is 5.41 Å². The summed E-state index contributed by atoms with van der Waals surface area (Å²) in [6, 6.07) is 21.7. The van der Waals surface area contributed by atoms with Crippen LogP contribution in [0.15, 0.2) is 60.7 Å². The number of hydrogen-bond acceptors (Lipinski definition) is 2. The van der Waals surface area contributed by atoms with Crippen LogP contribution in [0.25, 0.3) is 21.7 Å². The lowest BCUT2D eigenvalue weighted by atomic mass is 9.61. The Morgan fingerprint density at radius 2 is 1.93 bits per heavy atom. The zero-order chi connectivity index (χ0) is 18.9. The maximum absolute atomic E-state index is 10.2. The summed E-state index contributed by atoms with van der Waals surface area (Å²) < 4.78 is 0. The van der Waals surface area contributed by atoms with Crippen LogP contribution < -0.4 is 0 Å². The van der Waals surface area contributed by atoms with Crippen LogP contribution in [0.5, 0.6) is 5.75 Å². The lowest BCUT2D eigenvalue weighted by molar-refractivity contribution is 0.123. The molecule has 1 fully saturated rings. The average molecular weight is 368 g/mol. The molecule has 2 heterocycles. The first-order valence-electron chi connectivity index (χ1n) is 10.2. The molecule has 3 aromatic carbocycles. The van der Waals surface area contributed by atoms with E-state index in [1.807, 2.05) is 12.1 Å². The van der Waals surface area contributed by atoms with Crippen LogP contribution in [0.4, 0.5) is 0 Å². The van der Waals surface area contributed by atoms with Gasteiger partial charge in [0, 0.05) is 34.3 Å². The van der Waals surface area contributed by atoms with E-state index >= 15 is 0 Å². The molecular formula is C25H24N2O. The Morgan fingerprint density at radius 3 is 2.82 bits per heavy atom. The number of likely N-dealkylation sites (N-methyl/N-ethyl adjacent to an activating group) is 1. The molecule has 3 heteroatoms. The van der Waals surface area contributed by atoms with Gasteiger partial charge in [0.05, 0.1) is 5.52 Å². The molecule has 1 aliphatic carbocycles. The summed E-state index contributed by atoms with van der Waals surface area (Å²) in [5.41, 5.74) is 5.31. The Labute approximate surface area is 164 Å². The van der Waals surface area contributed by atoms with Crippen molar-refractivity contribution in [1.29, 1.82) is 0 Å². The van der Waals surface area contributed by atoms with E-state index in [9.17, 15) is 5.11 Å². The zero-order valence-corrected chi connectivity index (χ0v) is 16.1. The molecule has 6 rings (SSSR count). The van der Waals surface area contributed by atoms with Gasteiger partial charge in [-0.25, -0.2) is 0 Å². The van der Waals surface area contributed by atoms with Crippen molar-refractivity contribution < 1.29 is 5.11 Å². The normalized spacial score (nSPS) is 24.5. The number of likely N-dealkylation sites (tertiary alicyclic amines) is 1. The quantitative estimate of drug-likeness (QED) is 0.498. The van der Waals surface area contributed by atoms with Gasteiger partial charge in [0.25, 0.3) is 0 Å². The Morgan fingerprint density at radius 1 is 1.04 bits per heavy atom. The molecule has 0 amide bonds. The summed E-state index contributed by atoms with van der Waals surface area (Å²) in [7, 11) is 2.25. The fourth-order valence-electron chi connectivity index (χ4n) is 5.80. The highest BCUT2D eigenvalue weighted by atomic mass is 16.3. The van der Waals surface area contributed by atoms with Crippen LogP contribution in [0.2, 0.25) is 0 Å². The zero-order valence-electron chi connectivity index (χ0n) is 16.1. The Kier molecular flexibility index (Phi) is 3.25. The molecule has 1 saturated heterocycles. The monoisotopic (exact) mass is 368 g/mol. The number of piperidine rings is 1. The van der Waals surface area contributed by atoms with Crippen molar-refractivity contribution in [2.45, 2.75) is 30.7 Å². The number of nitrogens with zero attached hydrogens (tertiary/aromatic N) is 1. The second kappa shape index (κ2) is 5.62. The van der Waals surface area contributed by atoms with E-state index in [2.05, 4.69) is 59.4 Å². The van der Waals surface area contributed by atoms with Crippen molar-refractivity contribution in [2.75, 3.05) is 13.6 Å². The van der Waals surface area contributed by atoms with E-state index in [1.165, 1.54) is 38.5 Å². The fraction of sp³-hybridized carbons (Fsp3) is 0.280. The molecule has 0 radical (unpaired) electrons. The Bertz CT molecular complexity index is 1220. The Balaban J connectivity index is 1.70. The van der Waals surface area contributed by atoms with Gasteiger partial charge in [-0.15, -0.1) is 0 Å². The maximum Gasteiger partial charge on any atom is 0.115 e. The highest BCUT2D eigenvalue weighted by Crippen LogP contribution is 2.52. The summed E-state index contributed by atoms with van der Waals surface area (Å²) in [5, 5.41) is 14.1. The second-order valence-corrected chi connectivity index (χ2v) is 8.61. The summed E-state index contributed by atoms with van der Waals surface area (Å²) in [5.74, 6) is 0.361. The number of aromatic nitrogens is 1. The van der Waals surface area contributed by atoms with E-state index in [4.69, 9.17) is 0 Å². The lowest BCUT2D eigenvalue weighted by Gasteiger charge is -2.50. The van der Waals surface area contributed by atoms with Crippen molar-refractivity contribution >= 4 is 21.7 Å². The molecule has 1 aromatic heterocycles. The molecule has 0 spiro atoms. The molecule has 2 aliphatic rings. The number of hydrogen-bond donors (Lipinski definition) is 2.